The number of ether oxygens (including phenoxy) is 1. The second-order valence-electron chi connectivity index (χ2n) is 4.56. The van der Waals surface area contributed by atoms with Crippen molar-refractivity contribution in [3.8, 4) is 0 Å². The second kappa shape index (κ2) is 4.78. The summed E-state index contributed by atoms with van der Waals surface area (Å²) < 4.78 is 6.08. The molecule has 2 rings (SSSR count). The van der Waals surface area contributed by atoms with Gasteiger partial charge in [-0.3, -0.25) is 4.79 Å². The van der Waals surface area contributed by atoms with Gasteiger partial charge in [0.05, 0.1) is 24.3 Å². The number of carbonyl (C=O) groups excluding carboxylic acids is 1. The summed E-state index contributed by atoms with van der Waals surface area (Å²) in [7, 11) is 0. The number of halogens is 1. The van der Waals surface area contributed by atoms with Gasteiger partial charge in [0.2, 0.25) is 5.91 Å². The third kappa shape index (κ3) is 2.38. The predicted octanol–water partition coefficient (Wildman–Crippen LogP) is 3.12. The van der Waals surface area contributed by atoms with E-state index in [1.165, 1.54) is 0 Å². The third-order valence-electron chi connectivity index (χ3n) is 3.29. The number of hydrogen-bond donors (Lipinski definition) is 1. The molecule has 1 aromatic rings. The minimum Gasteiger partial charge on any atom is -0.379 e. The summed E-state index contributed by atoms with van der Waals surface area (Å²) in [6, 6.07) is 5.89. The van der Waals surface area contributed by atoms with Crippen LogP contribution >= 0.6 is 15.9 Å². The van der Waals surface area contributed by atoms with E-state index in [4.69, 9.17) is 4.74 Å². The number of amides is 1. The summed E-state index contributed by atoms with van der Waals surface area (Å²) in [6.45, 7) is 5.09. The second-order valence-corrected chi connectivity index (χ2v) is 5.42. The maximum Gasteiger partial charge on any atom is 0.235 e. The highest BCUT2D eigenvalue weighted by molar-refractivity contribution is 9.10. The number of hydrogen-bond acceptors (Lipinski definition) is 2. The molecule has 3 nitrogen and oxygen atoms in total. The van der Waals surface area contributed by atoms with E-state index in [0.717, 1.165) is 22.1 Å². The molecule has 1 amide bonds. The Balaban J connectivity index is 2.13. The van der Waals surface area contributed by atoms with E-state index in [-0.39, 0.29) is 11.3 Å². The maximum absolute atomic E-state index is 12.2. The Labute approximate surface area is 110 Å². The van der Waals surface area contributed by atoms with Crippen molar-refractivity contribution >= 4 is 27.5 Å². The lowest BCUT2D eigenvalue weighted by Crippen LogP contribution is -2.51. The number of rotatable bonds is 3. The molecule has 92 valence electrons. The van der Waals surface area contributed by atoms with Crippen molar-refractivity contribution in [2.24, 2.45) is 5.41 Å². The number of aryl methyl sites for hydroxylation is 1. The fourth-order valence-electron chi connectivity index (χ4n) is 1.82. The minimum absolute atomic E-state index is 0.0517. The lowest BCUT2D eigenvalue weighted by Gasteiger charge is -2.39. The molecule has 4 heteroatoms. The molecule has 0 aliphatic carbocycles. The molecule has 0 aromatic heterocycles. The third-order valence-corrected chi connectivity index (χ3v) is 3.94. The lowest BCUT2D eigenvalue weighted by molar-refractivity contribution is -0.156. The monoisotopic (exact) mass is 297 g/mol. The Hall–Kier alpha value is -0.870. The quantitative estimate of drug-likeness (QED) is 0.931. The van der Waals surface area contributed by atoms with E-state index < -0.39 is 0 Å². The Bertz CT molecular complexity index is 436. The van der Waals surface area contributed by atoms with Crippen molar-refractivity contribution in [3.05, 3.63) is 28.2 Å². The molecule has 0 radical (unpaired) electrons. The van der Waals surface area contributed by atoms with Crippen molar-refractivity contribution in [3.63, 3.8) is 0 Å². The van der Waals surface area contributed by atoms with Crippen molar-refractivity contribution in [1.29, 1.82) is 0 Å². The molecule has 0 bridgehead atoms. The zero-order valence-electron chi connectivity index (χ0n) is 10.0. The minimum atomic E-state index is -0.329. The Morgan fingerprint density at radius 1 is 1.53 bits per heavy atom. The van der Waals surface area contributed by atoms with Crippen LogP contribution in [-0.2, 0) is 9.53 Å². The average molecular weight is 298 g/mol. The van der Waals surface area contributed by atoms with Gasteiger partial charge in [0.1, 0.15) is 0 Å². The highest BCUT2D eigenvalue weighted by Gasteiger charge is 2.44. The first-order valence-electron chi connectivity index (χ1n) is 5.73. The summed E-state index contributed by atoms with van der Waals surface area (Å²) in [4.78, 5) is 12.2. The van der Waals surface area contributed by atoms with Crippen LogP contribution in [0.25, 0.3) is 0 Å². The highest BCUT2D eigenvalue weighted by Crippen LogP contribution is 2.33. The van der Waals surface area contributed by atoms with E-state index >= 15 is 0 Å². The van der Waals surface area contributed by atoms with Crippen LogP contribution in [0.2, 0.25) is 0 Å². The van der Waals surface area contributed by atoms with Crippen LogP contribution in [0.15, 0.2) is 22.7 Å². The Morgan fingerprint density at radius 3 is 2.71 bits per heavy atom. The van der Waals surface area contributed by atoms with Crippen molar-refractivity contribution in [1.82, 2.24) is 0 Å². The summed E-state index contributed by atoms with van der Waals surface area (Å²) in [5.41, 5.74) is 1.65. The van der Waals surface area contributed by atoms with Gasteiger partial charge in [-0.15, -0.1) is 0 Å². The van der Waals surface area contributed by atoms with Gasteiger partial charge in [-0.2, -0.15) is 0 Å². The van der Waals surface area contributed by atoms with Crippen LogP contribution in [0.4, 0.5) is 5.69 Å². The van der Waals surface area contributed by atoms with E-state index in [9.17, 15) is 4.79 Å². The van der Waals surface area contributed by atoms with E-state index in [1.54, 1.807) is 0 Å². The van der Waals surface area contributed by atoms with Crippen molar-refractivity contribution in [2.75, 3.05) is 18.5 Å². The topological polar surface area (TPSA) is 38.3 Å². The zero-order chi connectivity index (χ0) is 12.5. The summed E-state index contributed by atoms with van der Waals surface area (Å²) in [6.07, 6.45) is 0.808. The molecule has 0 saturated carbocycles. The molecule has 0 unspecified atom stereocenters. The van der Waals surface area contributed by atoms with E-state index in [1.807, 2.05) is 32.0 Å². The van der Waals surface area contributed by atoms with Gasteiger partial charge in [0.25, 0.3) is 0 Å². The van der Waals surface area contributed by atoms with Gasteiger partial charge in [-0.1, -0.05) is 13.0 Å². The molecular weight excluding hydrogens is 282 g/mol. The molecule has 1 fully saturated rings. The van der Waals surface area contributed by atoms with Crippen molar-refractivity contribution < 1.29 is 9.53 Å². The molecule has 0 atom stereocenters. The molecule has 1 saturated heterocycles. The van der Waals surface area contributed by atoms with Crippen LogP contribution in [-0.4, -0.2) is 19.1 Å². The zero-order valence-corrected chi connectivity index (χ0v) is 11.6. The SMILES string of the molecule is CCC1(C(=O)Nc2ccc(C)cc2Br)COC1. The summed E-state index contributed by atoms with van der Waals surface area (Å²) in [5.74, 6) is 0.0517. The molecule has 1 N–H and O–H groups in total. The molecule has 1 aliphatic rings. The first-order chi connectivity index (χ1) is 8.07. The first-order valence-corrected chi connectivity index (χ1v) is 6.52. The van der Waals surface area contributed by atoms with Gasteiger partial charge < -0.3 is 10.1 Å². The largest absolute Gasteiger partial charge is 0.379 e. The molecule has 0 spiro atoms. The van der Waals surface area contributed by atoms with Crippen LogP contribution < -0.4 is 5.32 Å². The lowest BCUT2D eigenvalue weighted by atomic mass is 9.82. The van der Waals surface area contributed by atoms with Crippen LogP contribution in [0, 0.1) is 12.3 Å². The van der Waals surface area contributed by atoms with Gasteiger partial charge in [-0.25, -0.2) is 0 Å². The number of carbonyl (C=O) groups is 1. The fraction of sp³-hybridized carbons (Fsp3) is 0.462. The molecule has 1 aliphatic heterocycles. The maximum atomic E-state index is 12.2. The molecule has 1 aromatic carbocycles. The standard InChI is InChI=1S/C13H16BrNO2/c1-3-13(7-17-8-13)12(16)15-11-5-4-9(2)6-10(11)14/h4-6H,3,7-8H2,1-2H3,(H,15,16). The van der Waals surface area contributed by atoms with Gasteiger partial charge >= 0.3 is 0 Å². The normalized spacial score (nSPS) is 17.4. The fourth-order valence-corrected chi connectivity index (χ4v) is 2.41. The summed E-state index contributed by atoms with van der Waals surface area (Å²) >= 11 is 3.46. The van der Waals surface area contributed by atoms with Crippen LogP contribution in [0.1, 0.15) is 18.9 Å². The highest BCUT2D eigenvalue weighted by atomic mass is 79.9. The van der Waals surface area contributed by atoms with Crippen molar-refractivity contribution in [2.45, 2.75) is 20.3 Å². The molecule has 1 heterocycles. The Morgan fingerprint density at radius 2 is 2.24 bits per heavy atom. The Kier molecular flexibility index (Phi) is 3.54. The number of anilines is 1. The van der Waals surface area contributed by atoms with Crippen LogP contribution in [0.5, 0.6) is 0 Å². The molecule has 17 heavy (non-hydrogen) atoms. The van der Waals surface area contributed by atoms with Gasteiger partial charge in [0, 0.05) is 4.47 Å². The summed E-state index contributed by atoms with van der Waals surface area (Å²) in [5, 5.41) is 2.97. The average Bonchev–Trinajstić information content (AvgIpc) is 2.21. The van der Waals surface area contributed by atoms with E-state index in [2.05, 4.69) is 21.2 Å². The number of benzene rings is 1. The molecular formula is C13H16BrNO2. The predicted molar refractivity (Wildman–Crippen MR) is 71.1 cm³/mol. The van der Waals surface area contributed by atoms with Gasteiger partial charge in [-0.05, 0) is 47.0 Å². The number of nitrogens with one attached hydrogen (secondary N) is 1. The van der Waals surface area contributed by atoms with E-state index in [0.29, 0.717) is 13.2 Å². The van der Waals surface area contributed by atoms with Crippen LogP contribution in [0.3, 0.4) is 0 Å². The smallest absolute Gasteiger partial charge is 0.235 e. The van der Waals surface area contributed by atoms with Gasteiger partial charge in [0.15, 0.2) is 0 Å². The first kappa shape index (κ1) is 12.6.